The predicted octanol–water partition coefficient (Wildman–Crippen LogP) is 2.66. The zero-order valence-electron chi connectivity index (χ0n) is 13.3. The first-order valence-electron chi connectivity index (χ1n) is 7.19. The predicted molar refractivity (Wildman–Crippen MR) is 80.9 cm³/mol. The van der Waals surface area contributed by atoms with Crippen molar-refractivity contribution in [2.24, 2.45) is 5.41 Å². The van der Waals surface area contributed by atoms with Crippen LogP contribution in [0, 0.1) is 11.2 Å². The van der Waals surface area contributed by atoms with E-state index in [1.807, 2.05) is 20.8 Å². The van der Waals surface area contributed by atoms with Crippen LogP contribution in [-0.4, -0.2) is 31.6 Å². The zero-order chi connectivity index (χ0) is 16.4. The average Bonchev–Trinajstić information content (AvgIpc) is 2.92. The van der Waals surface area contributed by atoms with Gasteiger partial charge in [-0.1, -0.05) is 20.8 Å². The lowest BCUT2D eigenvalue weighted by Gasteiger charge is -2.44. The van der Waals surface area contributed by atoms with Gasteiger partial charge in [0.15, 0.2) is 0 Å². The summed E-state index contributed by atoms with van der Waals surface area (Å²) in [4.78, 5) is 3.90. The van der Waals surface area contributed by atoms with E-state index in [1.165, 1.54) is 18.5 Å². The molecule has 0 amide bonds. The fraction of sp³-hybridized carbons (Fsp3) is 0.500. The zero-order valence-corrected chi connectivity index (χ0v) is 13.3. The first kappa shape index (κ1) is 16.4. The molecule has 2 aromatic rings. The van der Waals surface area contributed by atoms with Crippen LogP contribution < -0.4 is 4.74 Å². The molecule has 0 saturated carbocycles. The number of hydrogen-bond acceptors (Lipinski definition) is 4. The maximum atomic E-state index is 13.0. The lowest BCUT2D eigenvalue weighted by molar-refractivity contribution is -0.137. The Labute approximate surface area is 129 Å². The largest absolute Gasteiger partial charge is 0.488 e. The summed E-state index contributed by atoms with van der Waals surface area (Å²) in [5, 5.41) is 15.3. The van der Waals surface area contributed by atoms with E-state index in [2.05, 4.69) is 10.1 Å². The monoisotopic (exact) mass is 307 g/mol. The highest BCUT2D eigenvalue weighted by Crippen LogP contribution is 2.36. The Kier molecular flexibility index (Phi) is 4.51. The van der Waals surface area contributed by atoms with Gasteiger partial charge in [0.25, 0.3) is 0 Å². The van der Waals surface area contributed by atoms with Gasteiger partial charge in [-0.05, 0) is 36.6 Å². The van der Waals surface area contributed by atoms with Crippen LogP contribution >= 0.6 is 0 Å². The van der Waals surface area contributed by atoms with Crippen molar-refractivity contribution in [1.82, 2.24) is 14.8 Å². The van der Waals surface area contributed by atoms with Gasteiger partial charge < -0.3 is 9.84 Å². The molecule has 2 atom stereocenters. The Balaban J connectivity index is 2.22. The number of benzene rings is 1. The van der Waals surface area contributed by atoms with Gasteiger partial charge in [-0.2, -0.15) is 5.10 Å². The summed E-state index contributed by atoms with van der Waals surface area (Å²) in [6, 6.07) is 5.75. The summed E-state index contributed by atoms with van der Waals surface area (Å²) in [7, 11) is 0. The maximum absolute atomic E-state index is 13.0. The Bertz CT molecular complexity index is 593. The summed E-state index contributed by atoms with van der Waals surface area (Å²) < 4.78 is 20.4. The molecule has 0 bridgehead atoms. The second-order valence-corrected chi connectivity index (χ2v) is 6.48. The van der Waals surface area contributed by atoms with Crippen molar-refractivity contribution in [1.29, 1.82) is 0 Å². The van der Waals surface area contributed by atoms with Crippen LogP contribution in [-0.2, 0) is 6.54 Å². The third kappa shape index (κ3) is 3.44. The Hall–Kier alpha value is -1.95. The second kappa shape index (κ2) is 6.04. The molecule has 0 aliphatic heterocycles. The highest BCUT2D eigenvalue weighted by molar-refractivity contribution is 5.23. The van der Waals surface area contributed by atoms with Crippen molar-refractivity contribution in [2.45, 2.75) is 45.9 Å². The molecule has 2 unspecified atom stereocenters. The molecule has 1 aromatic carbocycles. The van der Waals surface area contributed by atoms with Gasteiger partial charge in [0.05, 0.1) is 6.54 Å². The van der Waals surface area contributed by atoms with E-state index in [4.69, 9.17) is 4.74 Å². The van der Waals surface area contributed by atoms with Gasteiger partial charge in [-0.15, -0.1) is 0 Å². The van der Waals surface area contributed by atoms with Crippen molar-refractivity contribution in [2.75, 3.05) is 0 Å². The highest BCUT2D eigenvalue weighted by Gasteiger charge is 2.47. The molecule has 0 fully saturated rings. The molecule has 0 aliphatic carbocycles. The van der Waals surface area contributed by atoms with Gasteiger partial charge >= 0.3 is 0 Å². The van der Waals surface area contributed by atoms with E-state index in [0.717, 1.165) is 0 Å². The molecule has 0 saturated heterocycles. The van der Waals surface area contributed by atoms with Gasteiger partial charge in [-0.3, -0.25) is 0 Å². The molecule has 6 heteroatoms. The van der Waals surface area contributed by atoms with Crippen molar-refractivity contribution in [3.05, 3.63) is 42.7 Å². The van der Waals surface area contributed by atoms with Crippen LogP contribution in [0.2, 0.25) is 0 Å². The molecule has 0 spiro atoms. The summed E-state index contributed by atoms with van der Waals surface area (Å²) in [6.45, 7) is 7.86. The van der Waals surface area contributed by atoms with Gasteiger partial charge in [-0.25, -0.2) is 14.1 Å². The van der Waals surface area contributed by atoms with Crippen molar-refractivity contribution < 1.29 is 14.2 Å². The third-order valence-electron chi connectivity index (χ3n) is 3.97. The summed E-state index contributed by atoms with van der Waals surface area (Å²) in [5.74, 6) is 0.184. The molecular formula is C16H22FN3O2. The molecule has 120 valence electrons. The van der Waals surface area contributed by atoms with Crippen LogP contribution in [0.25, 0.3) is 0 Å². The quantitative estimate of drug-likeness (QED) is 0.922. The molecule has 0 aliphatic rings. The van der Waals surface area contributed by atoms with Gasteiger partial charge in [0, 0.05) is 0 Å². The Morgan fingerprint density at radius 3 is 2.41 bits per heavy atom. The molecule has 5 nitrogen and oxygen atoms in total. The number of aliphatic hydroxyl groups is 1. The molecule has 2 rings (SSSR count). The maximum Gasteiger partial charge on any atom is 0.137 e. The van der Waals surface area contributed by atoms with E-state index >= 15 is 0 Å². The van der Waals surface area contributed by atoms with Crippen LogP contribution in [0.4, 0.5) is 4.39 Å². The van der Waals surface area contributed by atoms with Crippen LogP contribution in [0.15, 0.2) is 36.9 Å². The summed E-state index contributed by atoms with van der Waals surface area (Å²) >= 11 is 0. The molecule has 1 N–H and O–H groups in total. The van der Waals surface area contributed by atoms with E-state index in [1.54, 1.807) is 30.1 Å². The minimum Gasteiger partial charge on any atom is -0.488 e. The van der Waals surface area contributed by atoms with E-state index in [9.17, 15) is 9.50 Å². The van der Waals surface area contributed by atoms with Crippen molar-refractivity contribution in [3.8, 4) is 5.75 Å². The third-order valence-corrected chi connectivity index (χ3v) is 3.97. The number of nitrogens with zero attached hydrogens (tertiary/aromatic N) is 3. The molecule has 0 radical (unpaired) electrons. The summed E-state index contributed by atoms with van der Waals surface area (Å²) in [5.41, 5.74) is -1.65. The number of rotatable bonds is 5. The highest BCUT2D eigenvalue weighted by atomic mass is 19.1. The van der Waals surface area contributed by atoms with Crippen LogP contribution in [0.5, 0.6) is 5.75 Å². The minimum absolute atomic E-state index is 0.249. The first-order chi connectivity index (χ1) is 10.2. The number of aromatic nitrogens is 3. The minimum atomic E-state index is -1.19. The fourth-order valence-electron chi connectivity index (χ4n) is 2.35. The normalized spacial score (nSPS) is 16.1. The SMILES string of the molecule is CC(Oc1ccc(F)cc1)C(O)(Cn1cncn1)C(C)(C)C. The van der Waals surface area contributed by atoms with Crippen molar-refractivity contribution >= 4 is 0 Å². The van der Waals surface area contributed by atoms with Gasteiger partial charge in [0.1, 0.15) is 35.9 Å². The number of ether oxygens (including phenoxy) is 1. The second-order valence-electron chi connectivity index (χ2n) is 6.48. The van der Waals surface area contributed by atoms with E-state index in [-0.39, 0.29) is 12.4 Å². The van der Waals surface area contributed by atoms with Gasteiger partial charge in [0.2, 0.25) is 0 Å². The topological polar surface area (TPSA) is 60.2 Å². The Morgan fingerprint density at radius 2 is 1.91 bits per heavy atom. The number of hydrogen-bond donors (Lipinski definition) is 1. The average molecular weight is 307 g/mol. The number of halogens is 1. The van der Waals surface area contributed by atoms with Crippen LogP contribution in [0.3, 0.4) is 0 Å². The molecule has 22 heavy (non-hydrogen) atoms. The Morgan fingerprint density at radius 1 is 1.27 bits per heavy atom. The standard InChI is InChI=1S/C16H22FN3O2/c1-12(22-14-7-5-13(17)6-8-14)16(21,15(2,3)4)9-20-11-18-10-19-20/h5-8,10-12,21H,9H2,1-4H3. The van der Waals surface area contributed by atoms with Crippen LogP contribution in [0.1, 0.15) is 27.7 Å². The lowest BCUT2D eigenvalue weighted by atomic mass is 9.73. The lowest BCUT2D eigenvalue weighted by Crippen LogP contribution is -2.56. The molecule has 1 aromatic heterocycles. The first-order valence-corrected chi connectivity index (χ1v) is 7.19. The van der Waals surface area contributed by atoms with E-state index < -0.39 is 17.1 Å². The fourth-order valence-corrected chi connectivity index (χ4v) is 2.35. The molecule has 1 heterocycles. The van der Waals surface area contributed by atoms with Crippen molar-refractivity contribution in [3.63, 3.8) is 0 Å². The smallest absolute Gasteiger partial charge is 0.137 e. The van der Waals surface area contributed by atoms with E-state index in [0.29, 0.717) is 5.75 Å². The molecular weight excluding hydrogens is 285 g/mol. The summed E-state index contributed by atoms with van der Waals surface area (Å²) in [6.07, 6.45) is 2.46.